The largest absolute Gasteiger partial charge is 0.480 e. The molecule has 364 valence electrons. The highest BCUT2D eigenvalue weighted by molar-refractivity contribution is 5.74. The minimum absolute atomic E-state index is 0.0264. The zero-order valence-electron chi connectivity index (χ0n) is 42.1. The van der Waals surface area contributed by atoms with Crippen LogP contribution in [0.15, 0.2) is 18.2 Å². The molecule has 0 aliphatic carbocycles. The van der Waals surface area contributed by atoms with Crippen molar-refractivity contribution in [2.24, 2.45) is 0 Å². The lowest BCUT2D eigenvalue weighted by molar-refractivity contribution is -0.148. The first kappa shape index (κ1) is 56.6. The van der Waals surface area contributed by atoms with E-state index in [1.165, 1.54) is 80.9 Å². The Balaban J connectivity index is 2.60. The molecule has 0 spiro atoms. The summed E-state index contributed by atoms with van der Waals surface area (Å²) in [5, 5.41) is 21.6. The highest BCUT2D eigenvalue weighted by Crippen LogP contribution is 2.31. The lowest BCUT2D eigenvalue weighted by Gasteiger charge is -2.39. The molecule has 0 amide bonds. The van der Waals surface area contributed by atoms with Gasteiger partial charge in [-0.15, -0.1) is 0 Å². The molecule has 2 N–H and O–H groups in total. The molecule has 1 heterocycles. The summed E-state index contributed by atoms with van der Waals surface area (Å²) in [5.74, 6) is -1.61. The van der Waals surface area contributed by atoms with Gasteiger partial charge in [0, 0.05) is 58.9 Å². The van der Waals surface area contributed by atoms with E-state index >= 15 is 0 Å². The van der Waals surface area contributed by atoms with E-state index in [0.717, 1.165) is 57.8 Å². The van der Waals surface area contributed by atoms with Crippen LogP contribution in [-0.2, 0) is 36.5 Å². The van der Waals surface area contributed by atoms with Crippen LogP contribution in [0.3, 0.4) is 0 Å². The normalized spacial score (nSPS) is 17.4. The molecule has 63 heavy (non-hydrogen) atoms. The summed E-state index contributed by atoms with van der Waals surface area (Å²) in [6.45, 7) is 26.1. The van der Waals surface area contributed by atoms with Crippen molar-refractivity contribution in [3.8, 4) is 0 Å². The predicted molar refractivity (Wildman–Crippen MR) is 262 cm³/mol. The Morgan fingerprint density at radius 2 is 0.889 bits per heavy atom. The minimum atomic E-state index is -0.818. The van der Waals surface area contributed by atoms with Crippen molar-refractivity contribution in [3.05, 3.63) is 34.9 Å². The van der Waals surface area contributed by atoms with Gasteiger partial charge in [-0.25, -0.2) is 0 Å². The number of aliphatic carboxylic acids is 2. The van der Waals surface area contributed by atoms with E-state index in [1.54, 1.807) is 0 Å². The number of hydrogen-bond acceptors (Lipinski definition) is 8. The van der Waals surface area contributed by atoms with Gasteiger partial charge in [-0.3, -0.25) is 34.0 Å². The molecule has 1 fully saturated rings. The molecule has 0 radical (unpaired) electrons. The average molecular weight is 885 g/mol. The first-order chi connectivity index (χ1) is 30.0. The Hall–Kier alpha value is -2.53. The van der Waals surface area contributed by atoms with E-state index in [2.05, 4.69) is 100 Å². The van der Waals surface area contributed by atoms with Crippen molar-refractivity contribution in [2.45, 2.75) is 233 Å². The third kappa shape index (κ3) is 23.0. The van der Waals surface area contributed by atoms with Crippen LogP contribution in [0.5, 0.6) is 0 Å². The first-order valence-electron chi connectivity index (χ1n) is 25.7. The summed E-state index contributed by atoms with van der Waals surface area (Å²) in [7, 11) is 0. The van der Waals surface area contributed by atoms with E-state index in [-0.39, 0.29) is 10.8 Å². The zero-order valence-corrected chi connectivity index (χ0v) is 42.1. The van der Waals surface area contributed by atoms with Crippen LogP contribution in [-0.4, -0.2) is 119 Å². The SMILES string of the molecule is CCCCCCCCC(OC=O)N1CCN(Cc2cc(C(C)(C)C)cc(C(C)(C)C)c2)CCN(C(CCCCCCCC)C(=O)O)CCN(C(CCCCCCCC)C(=O)O)CC1. The summed E-state index contributed by atoms with van der Waals surface area (Å²) < 4.78 is 5.91. The Bertz CT molecular complexity index is 1360. The molecule has 0 bridgehead atoms. The van der Waals surface area contributed by atoms with Crippen molar-refractivity contribution in [2.75, 3.05) is 52.4 Å². The second-order valence-corrected chi connectivity index (χ2v) is 20.9. The van der Waals surface area contributed by atoms with Crippen molar-refractivity contribution >= 4 is 18.4 Å². The molecular weight excluding hydrogens is 789 g/mol. The monoisotopic (exact) mass is 885 g/mol. The first-order valence-corrected chi connectivity index (χ1v) is 25.7. The molecule has 10 nitrogen and oxygen atoms in total. The Labute approximate surface area is 386 Å². The van der Waals surface area contributed by atoms with Gasteiger partial charge >= 0.3 is 11.9 Å². The van der Waals surface area contributed by atoms with Crippen LogP contribution in [0, 0.1) is 0 Å². The minimum Gasteiger partial charge on any atom is -0.480 e. The fourth-order valence-electron chi connectivity index (χ4n) is 9.14. The number of carboxylic acids is 2. The van der Waals surface area contributed by atoms with Gasteiger partial charge in [-0.05, 0) is 53.2 Å². The van der Waals surface area contributed by atoms with Crippen LogP contribution < -0.4 is 0 Å². The highest BCUT2D eigenvalue weighted by atomic mass is 16.5. The second-order valence-electron chi connectivity index (χ2n) is 20.9. The molecule has 3 atom stereocenters. The van der Waals surface area contributed by atoms with Gasteiger partial charge in [0.15, 0.2) is 6.23 Å². The number of benzene rings is 1. The summed E-state index contributed by atoms with van der Waals surface area (Å²) in [4.78, 5) is 47.4. The maximum atomic E-state index is 13.2. The maximum absolute atomic E-state index is 13.2. The maximum Gasteiger partial charge on any atom is 0.320 e. The van der Waals surface area contributed by atoms with Crippen molar-refractivity contribution < 1.29 is 29.3 Å². The van der Waals surface area contributed by atoms with E-state index in [1.807, 2.05) is 0 Å². The van der Waals surface area contributed by atoms with Crippen molar-refractivity contribution in [3.63, 3.8) is 0 Å². The summed E-state index contributed by atoms with van der Waals surface area (Å²) in [6, 6.07) is 5.75. The lowest BCUT2D eigenvalue weighted by Crippen LogP contribution is -2.54. The van der Waals surface area contributed by atoms with Crippen LogP contribution in [0.1, 0.15) is 214 Å². The fraction of sp³-hybridized carbons (Fsp3) is 0.830. The average Bonchev–Trinajstić information content (AvgIpc) is 3.22. The quantitative estimate of drug-likeness (QED) is 0.0572. The van der Waals surface area contributed by atoms with Crippen molar-refractivity contribution in [1.82, 2.24) is 19.6 Å². The van der Waals surface area contributed by atoms with Crippen LogP contribution >= 0.6 is 0 Å². The summed E-state index contributed by atoms with van der Waals surface area (Å²) >= 11 is 0. The Morgan fingerprint density at radius 3 is 1.27 bits per heavy atom. The number of carbonyl (C=O) groups excluding carboxylic acids is 1. The van der Waals surface area contributed by atoms with E-state index in [4.69, 9.17) is 4.74 Å². The molecule has 1 aromatic rings. The Morgan fingerprint density at radius 1 is 0.540 bits per heavy atom. The highest BCUT2D eigenvalue weighted by Gasteiger charge is 2.32. The van der Waals surface area contributed by atoms with Gasteiger partial charge in [0.1, 0.15) is 12.1 Å². The lowest BCUT2D eigenvalue weighted by atomic mass is 9.79. The van der Waals surface area contributed by atoms with E-state index < -0.39 is 30.3 Å². The van der Waals surface area contributed by atoms with Gasteiger partial charge in [0.05, 0.1) is 0 Å². The van der Waals surface area contributed by atoms with Gasteiger partial charge < -0.3 is 14.9 Å². The number of hydrogen-bond donors (Lipinski definition) is 2. The molecule has 1 aromatic carbocycles. The molecule has 0 aromatic heterocycles. The third-order valence-electron chi connectivity index (χ3n) is 13.4. The molecular formula is C53H96N4O6. The number of unbranched alkanes of at least 4 members (excludes halogenated alkanes) is 15. The molecule has 1 aliphatic rings. The fourth-order valence-corrected chi connectivity index (χ4v) is 9.14. The smallest absolute Gasteiger partial charge is 0.320 e. The topological polar surface area (TPSA) is 114 Å². The molecule has 1 aliphatic heterocycles. The molecule has 0 saturated carbocycles. The summed E-state index contributed by atoms with van der Waals surface area (Å²) in [6.07, 6.45) is 21.4. The summed E-state index contributed by atoms with van der Waals surface area (Å²) in [5.41, 5.74) is 3.81. The number of rotatable bonds is 30. The standard InChI is InChI=1S/C53H96N4O6/c1-10-13-16-19-22-25-28-47(50(59)60)55-33-31-54(42-44-39-45(52(4,5)6)41-46(40-44)53(7,8)9)32-34-57(49(63-43-58)30-27-24-21-18-15-12-3)38-37-56(36-35-55)48(51(61)62)29-26-23-20-17-14-11-2/h39-41,43,47-49H,10-38,42H2,1-9H3,(H,59,60)(H,61,62). The Kier molecular flexibility index (Phi) is 28.2. The zero-order chi connectivity index (χ0) is 46.7. The number of carboxylic acid groups (broad SMARTS) is 2. The third-order valence-corrected chi connectivity index (χ3v) is 13.4. The number of carbonyl (C=O) groups is 3. The molecule has 2 rings (SSSR count). The molecule has 3 unspecified atom stereocenters. The number of ether oxygens (including phenoxy) is 1. The van der Waals surface area contributed by atoms with Gasteiger partial charge in [-0.2, -0.15) is 0 Å². The van der Waals surface area contributed by atoms with Gasteiger partial charge in [-0.1, -0.05) is 190 Å². The molecule has 10 heteroatoms. The van der Waals surface area contributed by atoms with E-state index in [9.17, 15) is 24.6 Å². The van der Waals surface area contributed by atoms with Crippen LogP contribution in [0.2, 0.25) is 0 Å². The van der Waals surface area contributed by atoms with E-state index in [0.29, 0.717) is 78.2 Å². The van der Waals surface area contributed by atoms with Gasteiger partial charge in [0.2, 0.25) is 0 Å². The molecule has 1 saturated heterocycles. The van der Waals surface area contributed by atoms with Gasteiger partial charge in [0.25, 0.3) is 6.47 Å². The second kappa shape index (κ2) is 31.4. The predicted octanol–water partition coefficient (Wildman–Crippen LogP) is 11.7. The van der Waals surface area contributed by atoms with Crippen LogP contribution in [0.25, 0.3) is 0 Å². The van der Waals surface area contributed by atoms with Crippen molar-refractivity contribution in [1.29, 1.82) is 0 Å². The van der Waals surface area contributed by atoms with Crippen LogP contribution in [0.4, 0.5) is 0 Å². The number of nitrogens with zero attached hydrogens (tertiary/aromatic N) is 4.